The lowest BCUT2D eigenvalue weighted by molar-refractivity contribution is 0.112. The molecule has 0 N–H and O–H groups in total. The van der Waals surface area contributed by atoms with Gasteiger partial charge in [0.2, 0.25) is 0 Å². The largest absolute Gasteiger partial charge is 0.374 e. The molecule has 0 spiro atoms. The van der Waals surface area contributed by atoms with Gasteiger partial charge in [0.1, 0.15) is 17.0 Å². The molecule has 2 aromatic heterocycles. The number of hydrogen-bond acceptors (Lipinski definition) is 4. The Hall–Kier alpha value is -1.46. The van der Waals surface area contributed by atoms with E-state index in [1.807, 2.05) is 23.9 Å². The summed E-state index contributed by atoms with van der Waals surface area (Å²) in [6, 6.07) is 3.65. The predicted octanol–water partition coefficient (Wildman–Crippen LogP) is 3.36. The second-order valence-corrected chi connectivity index (χ2v) is 5.52. The van der Waals surface area contributed by atoms with Crippen molar-refractivity contribution in [3.63, 3.8) is 0 Å². The summed E-state index contributed by atoms with van der Waals surface area (Å²) in [5.41, 5.74) is 1.51. The van der Waals surface area contributed by atoms with E-state index in [0.717, 1.165) is 12.2 Å². The van der Waals surface area contributed by atoms with Crippen molar-refractivity contribution in [2.75, 3.05) is 7.11 Å². The van der Waals surface area contributed by atoms with Gasteiger partial charge in [-0.05, 0) is 18.9 Å². The molecule has 0 aliphatic rings. The second kappa shape index (κ2) is 6.33. The van der Waals surface area contributed by atoms with Gasteiger partial charge < -0.3 is 4.74 Å². The van der Waals surface area contributed by atoms with Gasteiger partial charge >= 0.3 is 0 Å². The molecule has 0 bridgehead atoms. The highest BCUT2D eigenvalue weighted by Crippen LogP contribution is 2.21. The molecule has 2 heterocycles. The van der Waals surface area contributed by atoms with E-state index >= 15 is 0 Å². The summed E-state index contributed by atoms with van der Waals surface area (Å²) >= 11 is 6.05. The fraction of sp³-hybridized carbons (Fsp3) is 0.500. The van der Waals surface area contributed by atoms with Crippen molar-refractivity contribution in [2.45, 2.75) is 33.4 Å². The molecule has 1 atom stereocenters. The minimum Gasteiger partial charge on any atom is -0.374 e. The normalized spacial score (nSPS) is 12.9. The van der Waals surface area contributed by atoms with Gasteiger partial charge in [0.25, 0.3) is 0 Å². The molecule has 0 fully saturated rings. The molecule has 0 aliphatic heterocycles. The summed E-state index contributed by atoms with van der Waals surface area (Å²) in [5, 5.41) is 4.91. The third-order valence-electron chi connectivity index (χ3n) is 2.88. The Morgan fingerprint density at radius 2 is 2.00 bits per heavy atom. The zero-order valence-electron chi connectivity index (χ0n) is 12.2. The lowest BCUT2D eigenvalue weighted by Crippen LogP contribution is -2.06. The van der Waals surface area contributed by atoms with Gasteiger partial charge in [0.05, 0.1) is 5.69 Å². The lowest BCUT2D eigenvalue weighted by Gasteiger charge is -2.09. The number of methoxy groups -OCH3 is 1. The topological polar surface area (TPSA) is 52.8 Å². The Morgan fingerprint density at radius 1 is 1.25 bits per heavy atom. The van der Waals surface area contributed by atoms with Crippen LogP contribution in [0.2, 0.25) is 5.15 Å². The first kappa shape index (κ1) is 14.9. The third kappa shape index (κ3) is 3.55. The molecule has 0 aliphatic carbocycles. The molecule has 2 aromatic rings. The van der Waals surface area contributed by atoms with E-state index in [0.29, 0.717) is 22.6 Å². The molecule has 0 aromatic carbocycles. The zero-order valence-corrected chi connectivity index (χ0v) is 12.9. The monoisotopic (exact) mass is 294 g/mol. The molecule has 20 heavy (non-hydrogen) atoms. The summed E-state index contributed by atoms with van der Waals surface area (Å²) in [7, 11) is 1.62. The minimum atomic E-state index is -0.204. The maximum absolute atomic E-state index is 6.05. The zero-order chi connectivity index (χ0) is 14.7. The van der Waals surface area contributed by atoms with Crippen LogP contribution < -0.4 is 0 Å². The molecule has 0 unspecified atom stereocenters. The van der Waals surface area contributed by atoms with E-state index in [9.17, 15) is 0 Å². The number of nitrogens with zero attached hydrogens (tertiary/aromatic N) is 4. The molecule has 108 valence electrons. The molecule has 5 nitrogen and oxygen atoms in total. The average molecular weight is 295 g/mol. The highest BCUT2D eigenvalue weighted by Gasteiger charge is 2.13. The molecule has 0 radical (unpaired) electrons. The Kier molecular flexibility index (Phi) is 4.73. The van der Waals surface area contributed by atoms with Crippen molar-refractivity contribution in [1.29, 1.82) is 0 Å². The Balaban J connectivity index is 2.32. The van der Waals surface area contributed by atoms with Gasteiger partial charge in [0, 0.05) is 25.9 Å². The van der Waals surface area contributed by atoms with Crippen molar-refractivity contribution >= 4 is 11.6 Å². The van der Waals surface area contributed by atoms with Crippen molar-refractivity contribution in [2.24, 2.45) is 5.92 Å². The molecule has 6 heteroatoms. The van der Waals surface area contributed by atoms with Crippen LogP contribution in [0.4, 0.5) is 0 Å². The Morgan fingerprint density at radius 3 is 2.65 bits per heavy atom. The third-order valence-corrected chi connectivity index (χ3v) is 3.08. The molecule has 0 saturated heterocycles. The van der Waals surface area contributed by atoms with Crippen LogP contribution in [0.5, 0.6) is 0 Å². The van der Waals surface area contributed by atoms with Crippen LogP contribution >= 0.6 is 11.6 Å². The van der Waals surface area contributed by atoms with Gasteiger partial charge in [-0.1, -0.05) is 25.4 Å². The number of halogens is 1. The summed E-state index contributed by atoms with van der Waals surface area (Å²) in [4.78, 5) is 8.65. The van der Waals surface area contributed by atoms with E-state index in [2.05, 4.69) is 28.9 Å². The van der Waals surface area contributed by atoms with Crippen molar-refractivity contribution < 1.29 is 4.74 Å². The van der Waals surface area contributed by atoms with Crippen molar-refractivity contribution in [3.05, 3.63) is 29.3 Å². The van der Waals surface area contributed by atoms with E-state index in [4.69, 9.17) is 16.3 Å². The van der Waals surface area contributed by atoms with Gasteiger partial charge in [-0.15, -0.1) is 0 Å². The predicted molar refractivity (Wildman–Crippen MR) is 78.5 cm³/mol. The number of aromatic nitrogens is 4. The Labute approximate surface area is 124 Å². The molecule has 0 saturated carbocycles. The SMILES string of the molecule is CO[C@H](C)c1nc(Cl)cc(-c2ccn(CC(C)C)n2)n1. The highest BCUT2D eigenvalue weighted by atomic mass is 35.5. The second-order valence-electron chi connectivity index (χ2n) is 5.13. The van der Waals surface area contributed by atoms with Gasteiger partial charge in [-0.3, -0.25) is 4.68 Å². The van der Waals surface area contributed by atoms with E-state index in [-0.39, 0.29) is 6.10 Å². The number of hydrogen-bond donors (Lipinski definition) is 0. The number of ether oxygens (including phenoxy) is 1. The smallest absolute Gasteiger partial charge is 0.159 e. The van der Waals surface area contributed by atoms with Crippen LogP contribution in [0.25, 0.3) is 11.4 Å². The van der Waals surface area contributed by atoms with Crippen LogP contribution in [0.15, 0.2) is 18.3 Å². The van der Waals surface area contributed by atoms with Crippen LogP contribution in [0.3, 0.4) is 0 Å². The fourth-order valence-corrected chi connectivity index (χ4v) is 2.02. The maximum atomic E-state index is 6.05. The first-order valence-corrected chi connectivity index (χ1v) is 6.98. The highest BCUT2D eigenvalue weighted by molar-refractivity contribution is 6.29. The van der Waals surface area contributed by atoms with Crippen molar-refractivity contribution in [1.82, 2.24) is 19.7 Å². The average Bonchev–Trinajstić information content (AvgIpc) is 2.84. The quantitative estimate of drug-likeness (QED) is 0.794. The van der Waals surface area contributed by atoms with E-state index < -0.39 is 0 Å². The van der Waals surface area contributed by atoms with Crippen molar-refractivity contribution in [3.8, 4) is 11.4 Å². The molecule has 0 amide bonds. The number of rotatable bonds is 5. The first-order chi connectivity index (χ1) is 9.49. The van der Waals surface area contributed by atoms with Crippen LogP contribution in [0.1, 0.15) is 32.7 Å². The van der Waals surface area contributed by atoms with Gasteiger partial charge in [-0.2, -0.15) is 5.10 Å². The minimum absolute atomic E-state index is 0.204. The van der Waals surface area contributed by atoms with Crippen LogP contribution in [-0.2, 0) is 11.3 Å². The maximum Gasteiger partial charge on any atom is 0.159 e. The first-order valence-electron chi connectivity index (χ1n) is 6.60. The van der Waals surface area contributed by atoms with Crippen LogP contribution in [0, 0.1) is 5.92 Å². The Bertz CT molecular complexity index is 582. The van der Waals surface area contributed by atoms with Gasteiger partial charge in [-0.25, -0.2) is 9.97 Å². The summed E-state index contributed by atoms with van der Waals surface area (Å²) in [6.07, 6.45) is 1.75. The lowest BCUT2D eigenvalue weighted by atomic mass is 10.2. The van der Waals surface area contributed by atoms with E-state index in [1.54, 1.807) is 13.2 Å². The fourth-order valence-electron chi connectivity index (χ4n) is 1.83. The van der Waals surface area contributed by atoms with E-state index in [1.165, 1.54) is 0 Å². The molecular formula is C14H19ClN4O. The molecule has 2 rings (SSSR count). The molecular weight excluding hydrogens is 276 g/mol. The standard InChI is InChI=1S/C14H19ClN4O/c1-9(2)8-19-6-5-11(18-19)12-7-13(15)17-14(16-12)10(3)20-4/h5-7,9-10H,8H2,1-4H3/t10-/m1/s1. The summed E-state index contributed by atoms with van der Waals surface area (Å²) in [5.74, 6) is 1.11. The summed E-state index contributed by atoms with van der Waals surface area (Å²) in [6.45, 7) is 7.06. The summed E-state index contributed by atoms with van der Waals surface area (Å²) < 4.78 is 7.14. The van der Waals surface area contributed by atoms with Gasteiger partial charge in [0.15, 0.2) is 5.82 Å². The van der Waals surface area contributed by atoms with Crippen LogP contribution in [-0.4, -0.2) is 26.9 Å².